The summed E-state index contributed by atoms with van der Waals surface area (Å²) in [5.74, 6) is 0.302. The molecule has 0 radical (unpaired) electrons. The normalized spacial score (nSPS) is 12.2. The van der Waals surface area contributed by atoms with Crippen molar-refractivity contribution < 1.29 is 13.5 Å². The summed E-state index contributed by atoms with van der Waals surface area (Å²) >= 11 is 0. The van der Waals surface area contributed by atoms with Gasteiger partial charge in [-0.05, 0) is 43.7 Å². The van der Waals surface area contributed by atoms with Gasteiger partial charge in [0.15, 0.2) is 0 Å². The molecule has 0 saturated carbocycles. The van der Waals surface area contributed by atoms with Crippen molar-refractivity contribution in [1.82, 2.24) is 19.7 Å². The number of hydrogen-bond donors (Lipinski definition) is 0. The molecular formula is C22H21F2N7O. The highest BCUT2D eigenvalue weighted by Crippen LogP contribution is 2.26. The SMILES string of the molecule is CN=N/C(=C(\C)COc1ccc(-c2cc(C#N)n(C)c2C)nn1)c1ccc(C(F)F)cn1. The highest BCUT2D eigenvalue weighted by Gasteiger charge is 2.14. The van der Waals surface area contributed by atoms with Gasteiger partial charge < -0.3 is 9.30 Å². The van der Waals surface area contributed by atoms with E-state index in [1.165, 1.54) is 19.2 Å². The Kier molecular flexibility index (Phi) is 7.00. The maximum Gasteiger partial charge on any atom is 0.265 e. The molecule has 0 unspecified atom stereocenters. The third-order valence-corrected chi connectivity index (χ3v) is 4.89. The lowest BCUT2D eigenvalue weighted by Gasteiger charge is -2.09. The van der Waals surface area contributed by atoms with Crippen LogP contribution in [0.3, 0.4) is 0 Å². The minimum atomic E-state index is -2.59. The van der Waals surface area contributed by atoms with Gasteiger partial charge in [-0.1, -0.05) is 0 Å². The van der Waals surface area contributed by atoms with Crippen molar-refractivity contribution in [3.63, 3.8) is 0 Å². The summed E-state index contributed by atoms with van der Waals surface area (Å²) < 4.78 is 33.0. The number of aromatic nitrogens is 4. The molecule has 8 nitrogen and oxygen atoms in total. The Morgan fingerprint density at radius 3 is 2.56 bits per heavy atom. The van der Waals surface area contributed by atoms with Gasteiger partial charge in [0.1, 0.15) is 24.1 Å². The lowest BCUT2D eigenvalue weighted by atomic mass is 10.1. The first kappa shape index (κ1) is 22.7. The number of azo groups is 1. The van der Waals surface area contributed by atoms with Crippen molar-refractivity contribution in [2.45, 2.75) is 20.3 Å². The molecule has 0 aliphatic rings. The van der Waals surface area contributed by atoms with Crippen LogP contribution in [0.1, 0.15) is 36.0 Å². The number of ether oxygens (including phenoxy) is 1. The zero-order valence-electron chi connectivity index (χ0n) is 18.0. The van der Waals surface area contributed by atoms with Crippen LogP contribution >= 0.6 is 0 Å². The van der Waals surface area contributed by atoms with E-state index >= 15 is 0 Å². The second-order valence-corrected chi connectivity index (χ2v) is 6.95. The summed E-state index contributed by atoms with van der Waals surface area (Å²) in [6, 6.07) is 10.1. The monoisotopic (exact) mass is 437 g/mol. The number of nitrogens with zero attached hydrogens (tertiary/aromatic N) is 7. The molecule has 0 N–H and O–H groups in total. The fourth-order valence-corrected chi connectivity index (χ4v) is 2.99. The number of nitriles is 1. The van der Waals surface area contributed by atoms with Crippen molar-refractivity contribution in [3.8, 4) is 23.2 Å². The van der Waals surface area contributed by atoms with Crippen LogP contribution in [-0.4, -0.2) is 33.4 Å². The van der Waals surface area contributed by atoms with Gasteiger partial charge in [0.2, 0.25) is 5.88 Å². The molecule has 32 heavy (non-hydrogen) atoms. The summed E-state index contributed by atoms with van der Waals surface area (Å²) in [7, 11) is 3.33. The molecule has 0 bridgehead atoms. The molecule has 10 heteroatoms. The van der Waals surface area contributed by atoms with Crippen LogP contribution in [-0.2, 0) is 7.05 Å². The van der Waals surface area contributed by atoms with E-state index in [0.29, 0.717) is 34.2 Å². The quantitative estimate of drug-likeness (QED) is 0.490. The molecule has 0 aliphatic heterocycles. The molecule has 3 rings (SSSR count). The molecule has 0 aromatic carbocycles. The molecule has 3 aromatic heterocycles. The minimum absolute atomic E-state index is 0.129. The molecule has 0 atom stereocenters. The van der Waals surface area contributed by atoms with Gasteiger partial charge in [-0.25, -0.2) is 8.78 Å². The van der Waals surface area contributed by atoms with Crippen molar-refractivity contribution in [2.24, 2.45) is 17.3 Å². The first-order chi connectivity index (χ1) is 15.3. The lowest BCUT2D eigenvalue weighted by Crippen LogP contribution is -2.04. The number of rotatable bonds is 7. The molecular weight excluding hydrogens is 416 g/mol. The van der Waals surface area contributed by atoms with E-state index in [0.717, 1.165) is 17.5 Å². The van der Waals surface area contributed by atoms with Gasteiger partial charge in [-0.15, -0.1) is 10.2 Å². The maximum absolute atomic E-state index is 12.8. The standard InChI is InChI=1S/C22H21F2N7O/c1-13(21(30-26-3)19-6-5-15(11-27-19)22(23)24)12-32-20-8-7-18(28-29-20)17-9-16(10-25)31(4)14(17)2/h5-9,11,22H,12H2,1-4H3/b21-13+,30-26?. The minimum Gasteiger partial charge on any atom is -0.472 e. The maximum atomic E-state index is 12.8. The van der Waals surface area contributed by atoms with Crippen LogP contribution in [0, 0.1) is 18.3 Å². The molecule has 0 fully saturated rings. The Morgan fingerprint density at radius 1 is 1.25 bits per heavy atom. The summed E-state index contributed by atoms with van der Waals surface area (Å²) in [4.78, 5) is 4.06. The number of hydrogen-bond acceptors (Lipinski definition) is 7. The van der Waals surface area contributed by atoms with E-state index in [4.69, 9.17) is 4.74 Å². The van der Waals surface area contributed by atoms with Crippen LogP contribution < -0.4 is 4.74 Å². The van der Waals surface area contributed by atoms with Gasteiger partial charge in [-0.3, -0.25) is 4.98 Å². The molecule has 3 heterocycles. The summed E-state index contributed by atoms with van der Waals surface area (Å²) in [6.45, 7) is 3.82. The van der Waals surface area contributed by atoms with Crippen molar-refractivity contribution in [3.05, 3.63) is 64.7 Å². The first-order valence-electron chi connectivity index (χ1n) is 9.63. The number of halogens is 2. The number of pyridine rings is 1. The second-order valence-electron chi connectivity index (χ2n) is 6.95. The van der Waals surface area contributed by atoms with Crippen LogP contribution in [0.4, 0.5) is 8.78 Å². The third kappa shape index (κ3) is 4.83. The van der Waals surface area contributed by atoms with E-state index in [1.807, 2.05) is 14.0 Å². The van der Waals surface area contributed by atoms with E-state index in [-0.39, 0.29) is 12.2 Å². The largest absolute Gasteiger partial charge is 0.472 e. The molecule has 164 valence electrons. The van der Waals surface area contributed by atoms with Crippen LogP contribution in [0.25, 0.3) is 17.0 Å². The summed E-state index contributed by atoms with van der Waals surface area (Å²) in [5.41, 5.74) is 4.26. The van der Waals surface area contributed by atoms with Gasteiger partial charge in [0.25, 0.3) is 6.43 Å². The Hall–Kier alpha value is -4.00. The van der Waals surface area contributed by atoms with Crippen LogP contribution in [0.15, 0.2) is 52.3 Å². The summed E-state index contributed by atoms with van der Waals surface area (Å²) in [6.07, 6.45) is -1.47. The topological polar surface area (TPSA) is 101 Å². The lowest BCUT2D eigenvalue weighted by molar-refractivity contribution is 0.151. The average molecular weight is 437 g/mol. The van der Waals surface area contributed by atoms with Crippen LogP contribution in [0.2, 0.25) is 0 Å². The Morgan fingerprint density at radius 2 is 2.03 bits per heavy atom. The highest BCUT2D eigenvalue weighted by molar-refractivity contribution is 5.65. The number of alkyl halides is 2. The Bertz CT molecular complexity index is 1190. The van der Waals surface area contributed by atoms with E-state index in [9.17, 15) is 14.0 Å². The molecule has 0 amide bonds. The van der Waals surface area contributed by atoms with Gasteiger partial charge in [0.05, 0.1) is 11.4 Å². The van der Waals surface area contributed by atoms with Crippen molar-refractivity contribution in [2.75, 3.05) is 13.7 Å². The Balaban J connectivity index is 1.77. The smallest absolute Gasteiger partial charge is 0.265 e. The van der Waals surface area contributed by atoms with Crippen molar-refractivity contribution in [1.29, 1.82) is 5.26 Å². The second kappa shape index (κ2) is 9.87. The van der Waals surface area contributed by atoms with E-state index in [2.05, 4.69) is 31.5 Å². The zero-order valence-corrected chi connectivity index (χ0v) is 18.0. The van der Waals surface area contributed by atoms with Gasteiger partial charge >= 0.3 is 0 Å². The average Bonchev–Trinajstić information content (AvgIpc) is 3.10. The molecule has 3 aromatic rings. The fraction of sp³-hybridized carbons (Fsp3) is 0.273. The molecule has 0 saturated heterocycles. The Labute approximate surface area is 183 Å². The predicted octanol–water partition coefficient (Wildman–Crippen LogP) is 4.89. The first-order valence-corrected chi connectivity index (χ1v) is 9.63. The zero-order chi connectivity index (χ0) is 23.3. The van der Waals surface area contributed by atoms with Gasteiger partial charge in [0, 0.05) is 43.2 Å². The predicted molar refractivity (Wildman–Crippen MR) is 114 cm³/mol. The van der Waals surface area contributed by atoms with Crippen LogP contribution in [0.5, 0.6) is 5.88 Å². The molecule has 0 aliphatic carbocycles. The van der Waals surface area contributed by atoms with E-state index in [1.54, 1.807) is 29.7 Å². The highest BCUT2D eigenvalue weighted by atomic mass is 19.3. The fourth-order valence-electron chi connectivity index (χ4n) is 2.99. The van der Waals surface area contributed by atoms with Gasteiger partial charge in [-0.2, -0.15) is 15.5 Å². The van der Waals surface area contributed by atoms with Crippen molar-refractivity contribution >= 4 is 5.70 Å². The third-order valence-electron chi connectivity index (χ3n) is 4.89. The summed E-state index contributed by atoms with van der Waals surface area (Å²) in [5, 5.41) is 25.4. The van der Waals surface area contributed by atoms with E-state index < -0.39 is 6.43 Å². The molecule has 0 spiro atoms.